The van der Waals surface area contributed by atoms with E-state index < -0.39 is 23.2 Å². The van der Waals surface area contributed by atoms with Gasteiger partial charge in [0.2, 0.25) is 0 Å². The number of carbonyl (C=O) groups is 2. The van der Waals surface area contributed by atoms with Crippen molar-refractivity contribution in [1.29, 1.82) is 0 Å². The zero-order valence-corrected chi connectivity index (χ0v) is 13.1. The molecule has 2 atom stereocenters. The Kier molecular flexibility index (Phi) is 4.69. The van der Waals surface area contributed by atoms with E-state index in [4.69, 9.17) is 9.47 Å². The van der Waals surface area contributed by atoms with Crippen LogP contribution in [0.25, 0.3) is 0 Å². The van der Waals surface area contributed by atoms with Crippen LogP contribution in [0.4, 0.5) is 4.79 Å². The number of methoxy groups -OCH3 is 1. The van der Waals surface area contributed by atoms with Crippen LogP contribution < -0.4 is 0 Å². The first-order chi connectivity index (χ1) is 9.04. The third-order valence-electron chi connectivity index (χ3n) is 3.68. The van der Waals surface area contributed by atoms with E-state index in [2.05, 4.69) is 0 Å². The van der Waals surface area contributed by atoms with Crippen molar-refractivity contribution in [2.24, 2.45) is 5.92 Å². The molecule has 0 bridgehead atoms. The number of carboxylic acid groups (broad SMARTS) is 1. The maximum Gasteiger partial charge on any atom is 0.411 e. The topological polar surface area (TPSA) is 76.1 Å². The molecule has 1 heterocycles. The molecule has 0 radical (unpaired) electrons. The number of rotatable bonds is 3. The average Bonchev–Trinajstić information content (AvgIpc) is 2.67. The summed E-state index contributed by atoms with van der Waals surface area (Å²) in [5, 5.41) is 9.66. The number of aliphatic carboxylic acids is 1. The van der Waals surface area contributed by atoms with Crippen molar-refractivity contribution in [2.45, 2.75) is 58.3 Å². The predicted octanol–water partition coefficient (Wildman–Crippen LogP) is 2.12. The van der Waals surface area contributed by atoms with Gasteiger partial charge in [-0.05, 0) is 26.7 Å². The first kappa shape index (κ1) is 16.8. The third kappa shape index (κ3) is 3.06. The Morgan fingerprint density at radius 1 is 1.35 bits per heavy atom. The van der Waals surface area contributed by atoms with Crippen molar-refractivity contribution in [3.63, 3.8) is 0 Å². The number of ether oxygens (including phenoxy) is 2. The van der Waals surface area contributed by atoms with Crippen LogP contribution in [0.3, 0.4) is 0 Å². The lowest BCUT2D eigenvalue weighted by Crippen LogP contribution is -2.57. The maximum atomic E-state index is 12.3. The van der Waals surface area contributed by atoms with Gasteiger partial charge in [-0.3, -0.25) is 4.90 Å². The zero-order chi connectivity index (χ0) is 15.7. The van der Waals surface area contributed by atoms with Gasteiger partial charge >= 0.3 is 12.1 Å². The Bertz CT molecular complexity index is 388. The van der Waals surface area contributed by atoms with Crippen LogP contribution in [0.5, 0.6) is 0 Å². The van der Waals surface area contributed by atoms with Crippen molar-refractivity contribution in [2.75, 3.05) is 13.7 Å². The number of likely N-dealkylation sites (tertiary alicyclic amines) is 1. The molecule has 0 aromatic carbocycles. The summed E-state index contributed by atoms with van der Waals surface area (Å²) in [4.78, 5) is 25.4. The summed E-state index contributed by atoms with van der Waals surface area (Å²) in [6.07, 6.45) is -0.621. The molecule has 116 valence electrons. The molecule has 0 aromatic heterocycles. The monoisotopic (exact) mass is 287 g/mol. The fraction of sp³-hybridized carbons (Fsp3) is 0.857. The first-order valence-electron chi connectivity index (χ1n) is 6.81. The number of hydrogen-bond acceptors (Lipinski definition) is 4. The highest BCUT2D eigenvalue weighted by molar-refractivity contribution is 5.85. The molecule has 20 heavy (non-hydrogen) atoms. The Morgan fingerprint density at radius 3 is 2.25 bits per heavy atom. The van der Waals surface area contributed by atoms with E-state index in [-0.39, 0.29) is 25.0 Å². The fourth-order valence-electron chi connectivity index (χ4n) is 2.60. The molecule has 0 aromatic rings. The first-order valence-corrected chi connectivity index (χ1v) is 6.81. The molecule has 1 amide bonds. The number of carbonyl (C=O) groups excluding carboxylic acids is 1. The molecule has 0 spiro atoms. The molecule has 6 nitrogen and oxygen atoms in total. The molecule has 1 aliphatic heterocycles. The Morgan fingerprint density at radius 2 is 1.90 bits per heavy atom. The van der Waals surface area contributed by atoms with Gasteiger partial charge in [-0.1, -0.05) is 13.8 Å². The van der Waals surface area contributed by atoms with Gasteiger partial charge in [0.25, 0.3) is 0 Å². The average molecular weight is 287 g/mol. The standard InChI is InChI=1S/C14H25NO5/c1-9(2)14(11(16)17)7-10(19-6)8-15(14)12(18)20-13(3,4)5/h9-10H,7-8H2,1-6H3,(H,16,17)/t10-,14+/m0/s1. The van der Waals surface area contributed by atoms with Gasteiger partial charge in [0, 0.05) is 13.5 Å². The van der Waals surface area contributed by atoms with E-state index in [1.54, 1.807) is 34.6 Å². The van der Waals surface area contributed by atoms with E-state index >= 15 is 0 Å². The van der Waals surface area contributed by atoms with Crippen molar-refractivity contribution < 1.29 is 24.2 Å². The van der Waals surface area contributed by atoms with Crippen LogP contribution >= 0.6 is 0 Å². The SMILES string of the molecule is CO[C@@H]1CN(C(=O)OC(C)(C)C)[C@@](C(=O)O)(C(C)C)C1. The van der Waals surface area contributed by atoms with E-state index in [1.807, 2.05) is 0 Å². The second-order valence-electron chi connectivity index (χ2n) is 6.54. The highest BCUT2D eigenvalue weighted by Gasteiger charge is 2.56. The third-order valence-corrected chi connectivity index (χ3v) is 3.68. The van der Waals surface area contributed by atoms with Crippen LogP contribution in [0.1, 0.15) is 41.0 Å². The Labute approximate surface area is 120 Å². The van der Waals surface area contributed by atoms with Gasteiger partial charge < -0.3 is 14.6 Å². The summed E-state index contributed by atoms with van der Waals surface area (Å²) in [5.41, 5.74) is -1.94. The Hall–Kier alpha value is -1.30. The molecular weight excluding hydrogens is 262 g/mol. The number of carboxylic acids is 1. The van der Waals surface area contributed by atoms with Gasteiger partial charge in [-0.25, -0.2) is 9.59 Å². The van der Waals surface area contributed by atoms with Crippen LogP contribution in [0.15, 0.2) is 0 Å². The predicted molar refractivity (Wildman–Crippen MR) is 73.6 cm³/mol. The second-order valence-corrected chi connectivity index (χ2v) is 6.54. The quantitative estimate of drug-likeness (QED) is 0.860. The highest BCUT2D eigenvalue weighted by Crippen LogP contribution is 2.38. The van der Waals surface area contributed by atoms with E-state index in [0.29, 0.717) is 0 Å². The molecule has 0 saturated carbocycles. The summed E-state index contributed by atoms with van der Waals surface area (Å²) in [6.45, 7) is 9.09. The molecule has 0 aliphatic carbocycles. The maximum absolute atomic E-state index is 12.3. The number of nitrogens with zero attached hydrogens (tertiary/aromatic N) is 1. The number of amides is 1. The zero-order valence-electron chi connectivity index (χ0n) is 13.1. The minimum atomic E-state index is -1.27. The minimum absolute atomic E-state index is 0.232. The molecule has 1 aliphatic rings. The van der Waals surface area contributed by atoms with Crippen molar-refractivity contribution in [1.82, 2.24) is 4.90 Å². The van der Waals surface area contributed by atoms with Gasteiger partial charge in [0.05, 0.1) is 12.6 Å². The minimum Gasteiger partial charge on any atom is -0.479 e. The van der Waals surface area contributed by atoms with Crippen LogP contribution in [0, 0.1) is 5.92 Å². The molecule has 1 saturated heterocycles. The molecule has 6 heteroatoms. The molecule has 1 N–H and O–H groups in total. The van der Waals surface area contributed by atoms with Crippen molar-refractivity contribution in [3.8, 4) is 0 Å². The fourth-order valence-corrected chi connectivity index (χ4v) is 2.60. The molecular formula is C14H25NO5. The van der Waals surface area contributed by atoms with E-state index in [9.17, 15) is 14.7 Å². The van der Waals surface area contributed by atoms with Crippen molar-refractivity contribution >= 4 is 12.1 Å². The number of hydrogen-bond donors (Lipinski definition) is 1. The van der Waals surface area contributed by atoms with Crippen molar-refractivity contribution in [3.05, 3.63) is 0 Å². The van der Waals surface area contributed by atoms with Gasteiger partial charge in [0.15, 0.2) is 0 Å². The molecule has 1 fully saturated rings. The smallest absolute Gasteiger partial charge is 0.411 e. The summed E-state index contributed by atoms with van der Waals surface area (Å²) >= 11 is 0. The largest absolute Gasteiger partial charge is 0.479 e. The molecule has 0 unspecified atom stereocenters. The normalized spacial score (nSPS) is 26.9. The lowest BCUT2D eigenvalue weighted by atomic mass is 9.83. The van der Waals surface area contributed by atoms with Crippen LogP contribution in [-0.4, -0.2) is 53.0 Å². The van der Waals surface area contributed by atoms with Gasteiger partial charge in [-0.15, -0.1) is 0 Å². The lowest BCUT2D eigenvalue weighted by Gasteiger charge is -2.38. The van der Waals surface area contributed by atoms with Crippen LogP contribution in [-0.2, 0) is 14.3 Å². The highest BCUT2D eigenvalue weighted by atomic mass is 16.6. The Balaban J connectivity index is 3.12. The van der Waals surface area contributed by atoms with Gasteiger partial charge in [-0.2, -0.15) is 0 Å². The lowest BCUT2D eigenvalue weighted by molar-refractivity contribution is -0.152. The summed E-state index contributed by atoms with van der Waals surface area (Å²) < 4.78 is 10.6. The molecule has 1 rings (SSSR count). The summed E-state index contributed by atoms with van der Waals surface area (Å²) in [6, 6.07) is 0. The van der Waals surface area contributed by atoms with Gasteiger partial charge in [0.1, 0.15) is 11.1 Å². The summed E-state index contributed by atoms with van der Waals surface area (Å²) in [7, 11) is 1.52. The summed E-state index contributed by atoms with van der Waals surface area (Å²) in [5.74, 6) is -1.26. The van der Waals surface area contributed by atoms with E-state index in [0.717, 1.165) is 0 Å². The van der Waals surface area contributed by atoms with Crippen LogP contribution in [0.2, 0.25) is 0 Å². The van der Waals surface area contributed by atoms with E-state index in [1.165, 1.54) is 12.0 Å². The second kappa shape index (κ2) is 5.60.